The minimum atomic E-state index is -3.68. The molecule has 7 nitrogen and oxygen atoms in total. The Kier molecular flexibility index (Phi) is 7.48. The van der Waals surface area contributed by atoms with Gasteiger partial charge in [-0.3, -0.25) is 4.79 Å². The monoisotopic (exact) mass is 486 g/mol. The van der Waals surface area contributed by atoms with E-state index in [-0.39, 0.29) is 29.3 Å². The van der Waals surface area contributed by atoms with Gasteiger partial charge in [-0.15, -0.1) is 0 Å². The molecule has 0 radical (unpaired) electrons. The van der Waals surface area contributed by atoms with Crippen molar-refractivity contribution in [2.75, 3.05) is 27.3 Å². The molecule has 0 N–H and O–H groups in total. The van der Waals surface area contributed by atoms with E-state index >= 15 is 0 Å². The molecule has 4 rings (SSSR count). The SMILES string of the molecule is COc1ccc(CN(C(=O)C2CCCN(S(=O)(=O)c3ccc(OC)cc3)C2)C(C)C2CC2)cc1. The molecule has 2 unspecified atom stereocenters. The molecular formula is C26H34N2O5S. The molecule has 0 aromatic heterocycles. The van der Waals surface area contributed by atoms with Crippen LogP contribution in [-0.2, 0) is 21.4 Å². The quantitative estimate of drug-likeness (QED) is 0.537. The first kappa shape index (κ1) is 24.5. The van der Waals surface area contributed by atoms with Gasteiger partial charge < -0.3 is 14.4 Å². The van der Waals surface area contributed by atoms with Crippen LogP contribution in [0.25, 0.3) is 0 Å². The van der Waals surface area contributed by atoms with Crippen LogP contribution in [0.2, 0.25) is 0 Å². The van der Waals surface area contributed by atoms with Gasteiger partial charge in [0.05, 0.1) is 25.0 Å². The van der Waals surface area contributed by atoms with Crippen molar-refractivity contribution < 1.29 is 22.7 Å². The number of amides is 1. The van der Waals surface area contributed by atoms with Crippen molar-refractivity contribution in [3.05, 3.63) is 54.1 Å². The zero-order valence-electron chi connectivity index (χ0n) is 20.1. The molecule has 1 saturated heterocycles. The van der Waals surface area contributed by atoms with Crippen LogP contribution in [0.3, 0.4) is 0 Å². The molecule has 1 aliphatic carbocycles. The summed E-state index contributed by atoms with van der Waals surface area (Å²) in [4.78, 5) is 15.9. The minimum absolute atomic E-state index is 0.0462. The first-order chi connectivity index (χ1) is 16.3. The summed E-state index contributed by atoms with van der Waals surface area (Å²) in [6, 6.07) is 14.3. The van der Waals surface area contributed by atoms with Crippen molar-refractivity contribution >= 4 is 15.9 Å². The van der Waals surface area contributed by atoms with Gasteiger partial charge in [-0.1, -0.05) is 12.1 Å². The van der Waals surface area contributed by atoms with Crippen LogP contribution in [0.4, 0.5) is 0 Å². The highest BCUT2D eigenvalue weighted by molar-refractivity contribution is 7.89. The molecule has 34 heavy (non-hydrogen) atoms. The fourth-order valence-electron chi connectivity index (χ4n) is 4.68. The largest absolute Gasteiger partial charge is 0.497 e. The van der Waals surface area contributed by atoms with E-state index in [1.54, 1.807) is 38.5 Å². The van der Waals surface area contributed by atoms with E-state index in [2.05, 4.69) is 6.92 Å². The normalized spacial score (nSPS) is 19.9. The van der Waals surface area contributed by atoms with Crippen LogP contribution in [0.15, 0.2) is 53.4 Å². The number of nitrogens with zero attached hydrogens (tertiary/aromatic N) is 2. The molecular weight excluding hydrogens is 452 g/mol. The molecule has 1 heterocycles. The highest BCUT2D eigenvalue weighted by Gasteiger charge is 2.39. The van der Waals surface area contributed by atoms with Crippen LogP contribution < -0.4 is 9.47 Å². The number of hydrogen-bond donors (Lipinski definition) is 0. The number of hydrogen-bond acceptors (Lipinski definition) is 5. The first-order valence-corrected chi connectivity index (χ1v) is 13.3. The molecule has 2 aromatic rings. The molecule has 1 aliphatic heterocycles. The van der Waals surface area contributed by atoms with Crippen molar-refractivity contribution in [3.63, 3.8) is 0 Å². The predicted octanol–water partition coefficient (Wildman–Crippen LogP) is 3.93. The van der Waals surface area contributed by atoms with Gasteiger partial charge in [0.25, 0.3) is 0 Å². The smallest absolute Gasteiger partial charge is 0.243 e. The van der Waals surface area contributed by atoms with Gasteiger partial charge in [0.1, 0.15) is 11.5 Å². The number of methoxy groups -OCH3 is 2. The third-order valence-corrected chi connectivity index (χ3v) is 8.90. The number of ether oxygens (including phenoxy) is 2. The summed E-state index contributed by atoms with van der Waals surface area (Å²) in [6.07, 6.45) is 3.64. The van der Waals surface area contributed by atoms with Gasteiger partial charge in [-0.2, -0.15) is 4.31 Å². The standard InChI is InChI=1S/C26H34N2O5S/c1-19(21-8-9-21)28(17-20-6-10-23(32-2)11-7-20)26(29)22-5-4-16-27(18-22)34(30,31)25-14-12-24(33-3)13-15-25/h6-7,10-15,19,21-22H,4-5,8-9,16-18H2,1-3H3. The second kappa shape index (κ2) is 10.4. The highest BCUT2D eigenvalue weighted by atomic mass is 32.2. The van der Waals surface area contributed by atoms with Crippen LogP contribution in [0.1, 0.15) is 38.2 Å². The van der Waals surface area contributed by atoms with Crippen LogP contribution >= 0.6 is 0 Å². The maximum Gasteiger partial charge on any atom is 0.243 e. The lowest BCUT2D eigenvalue weighted by Crippen LogP contribution is -2.49. The Bertz CT molecular complexity index is 1080. The van der Waals surface area contributed by atoms with Crippen molar-refractivity contribution in [2.45, 2.75) is 50.1 Å². The summed E-state index contributed by atoms with van der Waals surface area (Å²) in [7, 11) is -0.497. The van der Waals surface area contributed by atoms with Gasteiger partial charge in [0, 0.05) is 25.7 Å². The minimum Gasteiger partial charge on any atom is -0.497 e. The van der Waals surface area contributed by atoms with Gasteiger partial charge >= 0.3 is 0 Å². The third kappa shape index (κ3) is 5.39. The van der Waals surface area contributed by atoms with E-state index in [4.69, 9.17) is 9.47 Å². The first-order valence-electron chi connectivity index (χ1n) is 11.9. The highest BCUT2D eigenvalue weighted by Crippen LogP contribution is 2.37. The van der Waals surface area contributed by atoms with Crippen molar-refractivity contribution in [1.29, 1.82) is 0 Å². The third-order valence-electron chi connectivity index (χ3n) is 7.02. The predicted molar refractivity (Wildman–Crippen MR) is 130 cm³/mol. The maximum absolute atomic E-state index is 13.8. The summed E-state index contributed by atoms with van der Waals surface area (Å²) in [5.74, 6) is 1.61. The van der Waals surface area contributed by atoms with Crippen LogP contribution in [-0.4, -0.2) is 56.9 Å². The Balaban J connectivity index is 1.51. The van der Waals surface area contributed by atoms with E-state index in [0.29, 0.717) is 37.6 Å². The Morgan fingerprint density at radius 1 is 1.00 bits per heavy atom. The number of carbonyl (C=O) groups excluding carboxylic acids is 1. The summed E-state index contributed by atoms with van der Waals surface area (Å²) in [5.41, 5.74) is 1.04. The molecule has 0 spiro atoms. The molecule has 2 aromatic carbocycles. The van der Waals surface area contributed by atoms with Gasteiger partial charge in [0.2, 0.25) is 15.9 Å². The van der Waals surface area contributed by atoms with Crippen molar-refractivity contribution in [2.24, 2.45) is 11.8 Å². The fourth-order valence-corrected chi connectivity index (χ4v) is 6.20. The Hall–Kier alpha value is -2.58. The summed E-state index contributed by atoms with van der Waals surface area (Å²) in [5, 5.41) is 0. The summed E-state index contributed by atoms with van der Waals surface area (Å²) < 4.78 is 38.4. The van der Waals surface area contributed by atoms with Crippen molar-refractivity contribution in [3.8, 4) is 11.5 Å². The van der Waals surface area contributed by atoms with E-state index in [1.165, 1.54) is 4.31 Å². The average Bonchev–Trinajstić information content (AvgIpc) is 3.72. The number of benzene rings is 2. The number of rotatable bonds is 9. The zero-order chi connectivity index (χ0) is 24.3. The lowest BCUT2D eigenvalue weighted by Gasteiger charge is -2.37. The summed E-state index contributed by atoms with van der Waals surface area (Å²) >= 11 is 0. The number of sulfonamides is 1. The van der Waals surface area contributed by atoms with Gasteiger partial charge in [-0.25, -0.2) is 8.42 Å². The van der Waals surface area contributed by atoms with E-state index < -0.39 is 10.0 Å². The number of carbonyl (C=O) groups is 1. The van der Waals surface area contributed by atoms with Gasteiger partial charge in [0.15, 0.2) is 0 Å². The molecule has 8 heteroatoms. The van der Waals surface area contributed by atoms with E-state index in [0.717, 1.165) is 24.2 Å². The topological polar surface area (TPSA) is 76.2 Å². The Morgan fingerprint density at radius 3 is 2.15 bits per heavy atom. The average molecular weight is 487 g/mol. The molecule has 0 bridgehead atoms. The molecule has 1 saturated carbocycles. The lowest BCUT2D eigenvalue weighted by molar-refractivity contribution is -0.140. The Morgan fingerprint density at radius 2 is 1.59 bits per heavy atom. The van der Waals surface area contributed by atoms with Crippen LogP contribution in [0.5, 0.6) is 11.5 Å². The maximum atomic E-state index is 13.8. The zero-order valence-corrected chi connectivity index (χ0v) is 21.0. The lowest BCUT2D eigenvalue weighted by atomic mass is 9.96. The second-order valence-electron chi connectivity index (χ2n) is 9.27. The van der Waals surface area contributed by atoms with Crippen molar-refractivity contribution in [1.82, 2.24) is 9.21 Å². The molecule has 2 atom stereocenters. The fraction of sp³-hybridized carbons (Fsp3) is 0.500. The molecule has 184 valence electrons. The molecule has 2 aliphatic rings. The summed E-state index contributed by atoms with van der Waals surface area (Å²) in [6.45, 7) is 3.27. The van der Waals surface area contributed by atoms with E-state index in [9.17, 15) is 13.2 Å². The molecule has 2 fully saturated rings. The van der Waals surface area contributed by atoms with E-state index in [1.807, 2.05) is 29.2 Å². The second-order valence-corrected chi connectivity index (χ2v) is 11.2. The molecule has 1 amide bonds. The number of piperidine rings is 1. The van der Waals surface area contributed by atoms with Crippen LogP contribution in [0, 0.1) is 11.8 Å². The Labute approximate surface area is 202 Å². The van der Waals surface area contributed by atoms with Gasteiger partial charge in [-0.05, 0) is 80.5 Å².